The lowest BCUT2D eigenvalue weighted by Crippen LogP contribution is -2.24. The molecule has 0 saturated carbocycles. The fraction of sp³-hybridized carbons (Fsp3) is 0.462. The third kappa shape index (κ3) is 6.84. The number of aliphatic hydroxyl groups excluding tert-OH is 1. The van der Waals surface area contributed by atoms with Gasteiger partial charge in [0.1, 0.15) is 0 Å². The van der Waals surface area contributed by atoms with Gasteiger partial charge in [0.2, 0.25) is 0 Å². The zero-order valence-corrected chi connectivity index (χ0v) is 11.3. The molecule has 1 aromatic rings. The Morgan fingerprint density at radius 3 is 2.67 bits per heavy atom. The molecular formula is C13H16F3NO4. The molecule has 0 heterocycles. The summed E-state index contributed by atoms with van der Waals surface area (Å²) in [6, 6.07) is 5.43. The normalized spacial score (nSPS) is 12.6. The van der Waals surface area contributed by atoms with Crippen molar-refractivity contribution >= 4 is 11.7 Å². The first kappa shape index (κ1) is 17.1. The van der Waals surface area contributed by atoms with Crippen molar-refractivity contribution in [1.29, 1.82) is 0 Å². The van der Waals surface area contributed by atoms with Crippen LogP contribution in [-0.4, -0.2) is 36.7 Å². The van der Waals surface area contributed by atoms with Crippen molar-refractivity contribution in [1.82, 2.24) is 0 Å². The quantitative estimate of drug-likeness (QED) is 0.757. The lowest BCUT2D eigenvalue weighted by Gasteiger charge is -2.16. The molecule has 1 atom stereocenters. The molecule has 0 radical (unpaired) electrons. The largest absolute Gasteiger partial charge is 0.573 e. The summed E-state index contributed by atoms with van der Waals surface area (Å²) in [4.78, 5) is 11.1. The minimum atomic E-state index is -4.80. The van der Waals surface area contributed by atoms with Crippen LogP contribution in [0, 0.1) is 0 Å². The number of carbonyl (C=O) groups is 1. The van der Waals surface area contributed by atoms with Gasteiger partial charge in [-0.25, -0.2) is 0 Å². The van der Waals surface area contributed by atoms with E-state index in [4.69, 9.17) is 0 Å². The van der Waals surface area contributed by atoms with Gasteiger partial charge in [0.05, 0.1) is 24.8 Å². The number of esters is 1. The molecule has 1 unspecified atom stereocenters. The Labute approximate surface area is 119 Å². The van der Waals surface area contributed by atoms with E-state index in [9.17, 15) is 23.1 Å². The Hall–Kier alpha value is -1.96. The van der Waals surface area contributed by atoms with Gasteiger partial charge >= 0.3 is 12.3 Å². The highest BCUT2D eigenvalue weighted by Gasteiger charge is 2.32. The number of ether oxygens (including phenoxy) is 2. The Kier molecular flexibility index (Phi) is 6.29. The van der Waals surface area contributed by atoms with Crippen LogP contribution >= 0.6 is 0 Å². The van der Waals surface area contributed by atoms with Gasteiger partial charge in [-0.15, -0.1) is 13.2 Å². The number of para-hydroxylation sites is 2. The van der Waals surface area contributed by atoms with Crippen LogP contribution in [-0.2, 0) is 9.53 Å². The minimum Gasteiger partial charge on any atom is -0.466 e. The number of anilines is 1. The number of benzene rings is 1. The van der Waals surface area contributed by atoms with E-state index < -0.39 is 24.2 Å². The van der Waals surface area contributed by atoms with Gasteiger partial charge in [0, 0.05) is 6.54 Å². The lowest BCUT2D eigenvalue weighted by molar-refractivity contribution is -0.274. The summed E-state index contributed by atoms with van der Waals surface area (Å²) >= 11 is 0. The van der Waals surface area contributed by atoms with Crippen molar-refractivity contribution in [3.63, 3.8) is 0 Å². The van der Waals surface area contributed by atoms with Crippen LogP contribution in [0.1, 0.15) is 13.3 Å². The average Bonchev–Trinajstić information content (AvgIpc) is 2.36. The molecule has 1 aromatic carbocycles. The highest BCUT2D eigenvalue weighted by molar-refractivity contribution is 5.70. The molecular weight excluding hydrogens is 291 g/mol. The van der Waals surface area contributed by atoms with Crippen molar-refractivity contribution in [3.05, 3.63) is 24.3 Å². The van der Waals surface area contributed by atoms with Gasteiger partial charge in [0.15, 0.2) is 5.75 Å². The highest BCUT2D eigenvalue weighted by Crippen LogP contribution is 2.29. The van der Waals surface area contributed by atoms with Crippen molar-refractivity contribution in [2.24, 2.45) is 0 Å². The third-order valence-corrected chi connectivity index (χ3v) is 2.35. The maximum atomic E-state index is 12.2. The predicted octanol–water partition coefficient (Wildman–Crippen LogP) is 2.31. The number of aliphatic hydroxyl groups is 1. The molecule has 118 valence electrons. The smallest absolute Gasteiger partial charge is 0.466 e. The molecule has 5 nitrogen and oxygen atoms in total. The van der Waals surface area contributed by atoms with Crippen LogP contribution < -0.4 is 10.1 Å². The van der Waals surface area contributed by atoms with Crippen LogP contribution in [0.5, 0.6) is 5.75 Å². The van der Waals surface area contributed by atoms with Crippen LogP contribution in [0.15, 0.2) is 24.3 Å². The summed E-state index contributed by atoms with van der Waals surface area (Å²) in [5.41, 5.74) is 0.0673. The topological polar surface area (TPSA) is 67.8 Å². The molecule has 21 heavy (non-hydrogen) atoms. The summed E-state index contributed by atoms with van der Waals surface area (Å²) in [5, 5.41) is 12.2. The van der Waals surface area contributed by atoms with E-state index in [-0.39, 0.29) is 25.3 Å². The van der Waals surface area contributed by atoms with Gasteiger partial charge in [-0.1, -0.05) is 12.1 Å². The summed E-state index contributed by atoms with van der Waals surface area (Å²) in [6.45, 7) is 1.71. The van der Waals surface area contributed by atoms with Crippen LogP contribution in [0.25, 0.3) is 0 Å². The fourth-order valence-corrected chi connectivity index (χ4v) is 1.54. The standard InChI is InChI=1S/C13H16F3NO4/c1-2-20-12(19)7-9(18)8-17-10-5-3-4-6-11(10)21-13(14,15)16/h3-6,9,17-18H,2,7-8H2,1H3. The zero-order valence-electron chi connectivity index (χ0n) is 11.3. The van der Waals surface area contributed by atoms with Gasteiger partial charge < -0.3 is 19.9 Å². The molecule has 0 amide bonds. The van der Waals surface area contributed by atoms with Gasteiger partial charge in [-0.3, -0.25) is 4.79 Å². The fourth-order valence-electron chi connectivity index (χ4n) is 1.54. The van der Waals surface area contributed by atoms with Crippen molar-refractivity contribution < 1.29 is 32.5 Å². The summed E-state index contributed by atoms with van der Waals surface area (Å²) in [5.74, 6) is -0.986. The van der Waals surface area contributed by atoms with E-state index in [1.165, 1.54) is 18.2 Å². The first-order valence-corrected chi connectivity index (χ1v) is 6.24. The summed E-state index contributed by atoms with van der Waals surface area (Å²) < 4.78 is 45.2. The molecule has 2 N–H and O–H groups in total. The molecule has 0 aliphatic rings. The van der Waals surface area contributed by atoms with Crippen LogP contribution in [0.3, 0.4) is 0 Å². The SMILES string of the molecule is CCOC(=O)CC(O)CNc1ccccc1OC(F)(F)F. The number of nitrogens with one attached hydrogen (secondary N) is 1. The first-order valence-electron chi connectivity index (χ1n) is 6.24. The highest BCUT2D eigenvalue weighted by atomic mass is 19.4. The van der Waals surface area contributed by atoms with E-state index in [0.29, 0.717) is 0 Å². The molecule has 0 aliphatic heterocycles. The number of hydrogen-bond acceptors (Lipinski definition) is 5. The number of alkyl halides is 3. The summed E-state index contributed by atoms with van der Waals surface area (Å²) in [6.07, 6.45) is -6.13. The second kappa shape index (κ2) is 7.72. The van der Waals surface area contributed by atoms with E-state index in [2.05, 4.69) is 14.8 Å². The number of halogens is 3. The Balaban J connectivity index is 2.57. The molecule has 0 aliphatic carbocycles. The molecule has 8 heteroatoms. The maximum Gasteiger partial charge on any atom is 0.573 e. The molecule has 1 rings (SSSR count). The first-order chi connectivity index (χ1) is 9.81. The summed E-state index contributed by atoms with van der Waals surface area (Å²) in [7, 11) is 0. The number of carbonyl (C=O) groups excluding carboxylic acids is 1. The van der Waals surface area contributed by atoms with Crippen molar-refractivity contribution in [2.45, 2.75) is 25.8 Å². The van der Waals surface area contributed by atoms with Crippen molar-refractivity contribution in [3.8, 4) is 5.75 Å². The van der Waals surface area contributed by atoms with E-state index in [1.54, 1.807) is 6.92 Å². The van der Waals surface area contributed by atoms with Gasteiger partial charge in [-0.2, -0.15) is 0 Å². The predicted molar refractivity (Wildman–Crippen MR) is 68.9 cm³/mol. The zero-order chi connectivity index (χ0) is 15.9. The average molecular weight is 307 g/mol. The van der Waals surface area contributed by atoms with E-state index in [0.717, 1.165) is 6.07 Å². The second-order valence-corrected chi connectivity index (χ2v) is 4.09. The van der Waals surface area contributed by atoms with Gasteiger partial charge in [-0.05, 0) is 19.1 Å². The monoisotopic (exact) mass is 307 g/mol. The molecule has 0 aromatic heterocycles. The molecule has 0 fully saturated rings. The van der Waals surface area contributed by atoms with Crippen molar-refractivity contribution in [2.75, 3.05) is 18.5 Å². The molecule has 0 spiro atoms. The Morgan fingerprint density at radius 2 is 2.05 bits per heavy atom. The Bertz CT molecular complexity index is 465. The number of rotatable bonds is 7. The van der Waals surface area contributed by atoms with Gasteiger partial charge in [0.25, 0.3) is 0 Å². The molecule has 0 saturated heterocycles. The van der Waals surface area contributed by atoms with Crippen LogP contribution in [0.2, 0.25) is 0 Å². The molecule has 0 bridgehead atoms. The number of hydrogen-bond donors (Lipinski definition) is 2. The third-order valence-electron chi connectivity index (χ3n) is 2.35. The van der Waals surface area contributed by atoms with E-state index in [1.807, 2.05) is 0 Å². The maximum absolute atomic E-state index is 12.2. The second-order valence-electron chi connectivity index (χ2n) is 4.09. The Morgan fingerprint density at radius 1 is 1.38 bits per heavy atom. The minimum absolute atomic E-state index is 0.0673. The van der Waals surface area contributed by atoms with E-state index >= 15 is 0 Å². The lowest BCUT2D eigenvalue weighted by atomic mass is 10.2. The van der Waals surface area contributed by atoms with Crippen LogP contribution in [0.4, 0.5) is 18.9 Å².